The van der Waals surface area contributed by atoms with E-state index < -0.39 is 0 Å². The molecule has 5 aromatic rings. The third kappa shape index (κ3) is 5.47. The SMILES string of the molecule is Cc1nc2ccc(-c3cnc(C(C)C)nc3)cc2c(NCc2cc(Cc3ccccc3)ccc2F)c1Cl. The first-order valence-corrected chi connectivity index (χ1v) is 12.7. The standard InChI is InChI=1S/C31H28ClFN4/c1-19(2)31-35-17-25(18-36-31)23-10-12-28-26(15-23)30(29(32)20(3)37-28)34-16-24-14-22(9-11-27(24)33)13-21-7-5-4-6-8-21/h4-12,14-15,17-19H,13,16H2,1-3H3,(H,34,37). The van der Waals surface area contributed by atoms with Crippen LogP contribution in [0.3, 0.4) is 0 Å². The van der Waals surface area contributed by atoms with Gasteiger partial charge in [-0.25, -0.2) is 14.4 Å². The molecule has 0 spiro atoms. The lowest BCUT2D eigenvalue weighted by Crippen LogP contribution is -2.05. The Kier molecular flexibility index (Phi) is 7.15. The highest BCUT2D eigenvalue weighted by Crippen LogP contribution is 2.35. The monoisotopic (exact) mass is 510 g/mol. The minimum atomic E-state index is -0.251. The molecule has 0 radical (unpaired) electrons. The molecule has 0 aliphatic rings. The maximum atomic E-state index is 14.8. The smallest absolute Gasteiger partial charge is 0.130 e. The van der Waals surface area contributed by atoms with Crippen molar-refractivity contribution in [2.24, 2.45) is 0 Å². The number of aromatic nitrogens is 3. The minimum Gasteiger partial charge on any atom is -0.379 e. The van der Waals surface area contributed by atoms with Gasteiger partial charge in [-0.2, -0.15) is 0 Å². The van der Waals surface area contributed by atoms with Crippen molar-refractivity contribution in [3.8, 4) is 11.1 Å². The van der Waals surface area contributed by atoms with E-state index in [4.69, 9.17) is 11.6 Å². The Morgan fingerprint density at radius 1 is 0.892 bits per heavy atom. The maximum Gasteiger partial charge on any atom is 0.130 e. The summed E-state index contributed by atoms with van der Waals surface area (Å²) in [6.45, 7) is 6.31. The van der Waals surface area contributed by atoms with Crippen LogP contribution >= 0.6 is 11.6 Å². The lowest BCUT2D eigenvalue weighted by molar-refractivity contribution is 0.612. The van der Waals surface area contributed by atoms with E-state index in [0.717, 1.165) is 45.5 Å². The van der Waals surface area contributed by atoms with E-state index in [1.165, 1.54) is 11.6 Å². The van der Waals surface area contributed by atoms with E-state index in [9.17, 15) is 4.39 Å². The largest absolute Gasteiger partial charge is 0.379 e. The molecule has 2 aromatic heterocycles. The molecular formula is C31H28ClFN4. The summed E-state index contributed by atoms with van der Waals surface area (Å²) in [5, 5.41) is 4.79. The number of hydrogen-bond acceptors (Lipinski definition) is 4. The first kappa shape index (κ1) is 24.8. The normalized spacial score (nSPS) is 11.3. The van der Waals surface area contributed by atoms with Crippen LogP contribution in [0.25, 0.3) is 22.0 Å². The predicted octanol–water partition coefficient (Wildman–Crippen LogP) is 8.12. The number of halogens is 2. The highest BCUT2D eigenvalue weighted by Gasteiger charge is 2.14. The van der Waals surface area contributed by atoms with Gasteiger partial charge in [0.1, 0.15) is 11.6 Å². The summed E-state index contributed by atoms with van der Waals surface area (Å²) in [7, 11) is 0. The maximum absolute atomic E-state index is 14.8. The molecule has 0 amide bonds. The molecule has 186 valence electrons. The lowest BCUT2D eigenvalue weighted by atomic mass is 10.0. The molecular weight excluding hydrogens is 483 g/mol. The number of rotatable bonds is 7. The third-order valence-corrected chi connectivity index (χ3v) is 6.89. The molecule has 3 aromatic carbocycles. The van der Waals surface area contributed by atoms with E-state index >= 15 is 0 Å². The van der Waals surface area contributed by atoms with Crippen molar-refractivity contribution in [3.05, 3.63) is 118 Å². The second kappa shape index (κ2) is 10.7. The van der Waals surface area contributed by atoms with Gasteiger partial charge in [-0.05, 0) is 48.2 Å². The van der Waals surface area contributed by atoms with Gasteiger partial charge < -0.3 is 5.32 Å². The highest BCUT2D eigenvalue weighted by atomic mass is 35.5. The number of pyridine rings is 1. The van der Waals surface area contributed by atoms with Crippen LogP contribution in [0.5, 0.6) is 0 Å². The van der Waals surface area contributed by atoms with Crippen molar-refractivity contribution in [2.45, 2.75) is 39.7 Å². The molecule has 1 N–H and O–H groups in total. The molecule has 0 aliphatic carbocycles. The van der Waals surface area contributed by atoms with Crippen molar-refractivity contribution in [2.75, 3.05) is 5.32 Å². The van der Waals surface area contributed by atoms with Gasteiger partial charge in [-0.1, -0.05) is 74.0 Å². The van der Waals surface area contributed by atoms with Gasteiger partial charge in [-0.15, -0.1) is 0 Å². The number of fused-ring (bicyclic) bond motifs is 1. The van der Waals surface area contributed by atoms with Crippen LogP contribution in [0.1, 0.15) is 48.0 Å². The molecule has 6 heteroatoms. The minimum absolute atomic E-state index is 0.251. The van der Waals surface area contributed by atoms with Gasteiger partial charge in [0.2, 0.25) is 0 Å². The Bertz CT molecular complexity index is 1550. The summed E-state index contributed by atoms with van der Waals surface area (Å²) in [5.41, 5.74) is 6.96. The van der Waals surface area contributed by atoms with Crippen molar-refractivity contribution in [1.29, 1.82) is 0 Å². The molecule has 0 bridgehead atoms. The molecule has 0 atom stereocenters. The number of aryl methyl sites for hydroxylation is 1. The number of nitrogens with one attached hydrogen (secondary N) is 1. The fourth-order valence-corrected chi connectivity index (χ4v) is 4.60. The third-order valence-electron chi connectivity index (χ3n) is 6.43. The Morgan fingerprint density at radius 3 is 2.38 bits per heavy atom. The summed E-state index contributed by atoms with van der Waals surface area (Å²) >= 11 is 6.73. The topological polar surface area (TPSA) is 50.7 Å². The quantitative estimate of drug-likeness (QED) is 0.240. The van der Waals surface area contributed by atoms with Gasteiger partial charge in [0, 0.05) is 41.4 Å². The molecule has 0 fully saturated rings. The van der Waals surface area contributed by atoms with Crippen LogP contribution in [-0.4, -0.2) is 15.0 Å². The first-order chi connectivity index (χ1) is 17.9. The Balaban J connectivity index is 1.46. The molecule has 2 heterocycles. The van der Waals surface area contributed by atoms with Gasteiger partial charge in [0.25, 0.3) is 0 Å². The van der Waals surface area contributed by atoms with E-state index in [0.29, 0.717) is 22.8 Å². The van der Waals surface area contributed by atoms with E-state index in [1.807, 2.05) is 67.8 Å². The van der Waals surface area contributed by atoms with Crippen LogP contribution in [-0.2, 0) is 13.0 Å². The number of anilines is 1. The summed E-state index contributed by atoms with van der Waals surface area (Å²) in [6, 6.07) is 21.5. The highest BCUT2D eigenvalue weighted by molar-refractivity contribution is 6.35. The van der Waals surface area contributed by atoms with Crippen molar-refractivity contribution in [1.82, 2.24) is 15.0 Å². The zero-order valence-electron chi connectivity index (χ0n) is 21.1. The average Bonchev–Trinajstić information content (AvgIpc) is 2.91. The Labute approximate surface area is 221 Å². The van der Waals surface area contributed by atoms with Crippen LogP contribution in [0.4, 0.5) is 10.1 Å². The van der Waals surface area contributed by atoms with E-state index in [-0.39, 0.29) is 11.7 Å². The van der Waals surface area contributed by atoms with Gasteiger partial charge in [0.15, 0.2) is 0 Å². The van der Waals surface area contributed by atoms with Gasteiger partial charge in [-0.3, -0.25) is 4.98 Å². The molecule has 5 rings (SSSR count). The second-order valence-electron chi connectivity index (χ2n) is 9.54. The van der Waals surface area contributed by atoms with Gasteiger partial charge in [0.05, 0.1) is 21.9 Å². The lowest BCUT2D eigenvalue weighted by Gasteiger charge is -2.15. The van der Waals surface area contributed by atoms with E-state index in [1.54, 1.807) is 0 Å². The molecule has 37 heavy (non-hydrogen) atoms. The van der Waals surface area contributed by atoms with Crippen molar-refractivity contribution < 1.29 is 4.39 Å². The number of benzene rings is 3. The average molecular weight is 511 g/mol. The fourth-order valence-electron chi connectivity index (χ4n) is 4.39. The zero-order chi connectivity index (χ0) is 25.9. The van der Waals surface area contributed by atoms with Crippen LogP contribution in [0.2, 0.25) is 5.02 Å². The van der Waals surface area contributed by atoms with Crippen molar-refractivity contribution >= 4 is 28.2 Å². The molecule has 0 unspecified atom stereocenters. The first-order valence-electron chi connectivity index (χ1n) is 12.4. The van der Waals surface area contributed by atoms with Crippen LogP contribution in [0.15, 0.2) is 79.1 Å². The van der Waals surface area contributed by atoms with Crippen LogP contribution < -0.4 is 5.32 Å². The van der Waals surface area contributed by atoms with Crippen molar-refractivity contribution in [3.63, 3.8) is 0 Å². The summed E-state index contributed by atoms with van der Waals surface area (Å²) < 4.78 is 14.8. The summed E-state index contributed by atoms with van der Waals surface area (Å²) in [4.78, 5) is 13.7. The number of nitrogens with zero attached hydrogens (tertiary/aromatic N) is 3. The second-order valence-corrected chi connectivity index (χ2v) is 9.92. The molecule has 0 aliphatic heterocycles. The van der Waals surface area contributed by atoms with Crippen LogP contribution in [0, 0.1) is 12.7 Å². The zero-order valence-corrected chi connectivity index (χ0v) is 21.9. The fraction of sp³-hybridized carbons (Fsp3) is 0.194. The Hall–Kier alpha value is -3.83. The summed E-state index contributed by atoms with van der Waals surface area (Å²) in [6.07, 6.45) is 4.42. The molecule has 0 saturated carbocycles. The van der Waals surface area contributed by atoms with Gasteiger partial charge >= 0.3 is 0 Å². The molecule has 0 saturated heterocycles. The Morgan fingerprint density at radius 2 is 1.65 bits per heavy atom. The molecule has 4 nitrogen and oxygen atoms in total. The predicted molar refractivity (Wildman–Crippen MR) is 150 cm³/mol. The summed E-state index contributed by atoms with van der Waals surface area (Å²) in [5.74, 6) is 0.821. The van der Waals surface area contributed by atoms with E-state index in [2.05, 4.69) is 46.2 Å². The number of hydrogen-bond donors (Lipinski definition) is 1.